The number of halogens is 5. The molecule has 0 aliphatic rings. The fourth-order valence-electron chi connectivity index (χ4n) is 3.34. The van der Waals surface area contributed by atoms with Crippen LogP contribution in [0.25, 0.3) is 16.7 Å². The lowest BCUT2D eigenvalue weighted by atomic mass is 10.1. The molecular weight excluding hydrogens is 528 g/mol. The number of thiophene rings is 1. The Kier molecular flexibility index (Phi) is 6.73. The number of pyridine rings is 1. The fourth-order valence-corrected chi connectivity index (χ4v) is 4.37. The van der Waals surface area contributed by atoms with Gasteiger partial charge in [0.15, 0.2) is 0 Å². The topological polar surface area (TPSA) is 121 Å². The third kappa shape index (κ3) is 5.04. The Bertz CT molecular complexity index is 1600. The van der Waals surface area contributed by atoms with Crippen molar-refractivity contribution in [1.29, 1.82) is 0 Å². The minimum Gasteiger partial charge on any atom is -0.373 e. The van der Waals surface area contributed by atoms with Gasteiger partial charge in [0, 0.05) is 17.6 Å². The predicted octanol–water partition coefficient (Wildman–Crippen LogP) is 4.31. The van der Waals surface area contributed by atoms with Gasteiger partial charge in [0.25, 0.3) is 5.56 Å². The van der Waals surface area contributed by atoms with E-state index in [1.54, 1.807) is 12.1 Å². The lowest BCUT2D eigenvalue weighted by Crippen LogP contribution is -2.36. The van der Waals surface area contributed by atoms with Crippen LogP contribution in [0.4, 0.5) is 33.9 Å². The number of hydrogen-bond donors (Lipinski definition) is 4. The van der Waals surface area contributed by atoms with Crippen molar-refractivity contribution in [3.63, 3.8) is 0 Å². The van der Waals surface area contributed by atoms with Crippen LogP contribution >= 0.6 is 22.9 Å². The second-order valence-electron chi connectivity index (χ2n) is 7.28. The SMILES string of the molecule is CNc1ccc2c(=O)n(-c3c(F)cc(NC(=O)NCc4ccc(Cl)s4)cc3C(F)(F)F)c(=O)[nH]c2n1. The van der Waals surface area contributed by atoms with Gasteiger partial charge in [-0.25, -0.2) is 23.5 Å². The molecule has 4 rings (SSSR count). The first-order valence-corrected chi connectivity index (χ1v) is 11.2. The van der Waals surface area contributed by atoms with Crippen LogP contribution in [0.2, 0.25) is 4.34 Å². The number of hydrogen-bond acceptors (Lipinski definition) is 6. The Balaban J connectivity index is 1.75. The van der Waals surface area contributed by atoms with E-state index in [-0.39, 0.29) is 28.0 Å². The number of amides is 2. The highest BCUT2D eigenvalue weighted by Gasteiger charge is 2.37. The van der Waals surface area contributed by atoms with E-state index < -0.39 is 46.2 Å². The molecule has 1 aromatic carbocycles. The van der Waals surface area contributed by atoms with E-state index in [9.17, 15) is 27.6 Å². The molecule has 0 fully saturated rings. The molecule has 36 heavy (non-hydrogen) atoms. The van der Waals surface area contributed by atoms with Gasteiger partial charge in [0.05, 0.1) is 21.8 Å². The van der Waals surface area contributed by atoms with Crippen LogP contribution in [0.5, 0.6) is 0 Å². The van der Waals surface area contributed by atoms with Gasteiger partial charge in [-0.3, -0.25) is 9.78 Å². The van der Waals surface area contributed by atoms with E-state index in [2.05, 4.69) is 25.9 Å². The summed E-state index contributed by atoms with van der Waals surface area (Å²) in [5, 5.41) is 6.97. The van der Waals surface area contributed by atoms with Crippen molar-refractivity contribution in [2.45, 2.75) is 12.7 Å². The molecule has 9 nitrogen and oxygen atoms in total. The van der Waals surface area contributed by atoms with Gasteiger partial charge < -0.3 is 16.0 Å². The molecule has 0 radical (unpaired) electrons. The number of carbonyl (C=O) groups is 1. The minimum absolute atomic E-state index is 0.0288. The number of fused-ring (bicyclic) bond motifs is 1. The highest BCUT2D eigenvalue weighted by molar-refractivity contribution is 7.16. The lowest BCUT2D eigenvalue weighted by molar-refractivity contribution is -0.137. The Morgan fingerprint density at radius 3 is 2.58 bits per heavy atom. The summed E-state index contributed by atoms with van der Waals surface area (Å²) in [4.78, 5) is 44.5. The predicted molar refractivity (Wildman–Crippen MR) is 128 cm³/mol. The molecular formula is C21H15ClF4N6O3S. The van der Waals surface area contributed by atoms with Gasteiger partial charge in [-0.05, 0) is 36.4 Å². The summed E-state index contributed by atoms with van der Waals surface area (Å²) in [6, 6.07) is 5.95. The number of nitrogens with one attached hydrogen (secondary N) is 4. The zero-order valence-corrected chi connectivity index (χ0v) is 19.7. The quantitative estimate of drug-likeness (QED) is 0.280. The van der Waals surface area contributed by atoms with E-state index in [0.717, 1.165) is 0 Å². The standard InChI is InChI=1S/C21H15ClF4N6O3S/c1-27-15-5-3-11-17(30-15)31-20(35)32(18(11)33)16-12(21(24,25)26)6-9(7-13(16)23)29-19(34)28-8-10-2-4-14(22)36-10/h2-7H,8H2,1H3,(H2,28,29,34)(H2,27,30,31,35). The second-order valence-corrected chi connectivity index (χ2v) is 9.08. The monoisotopic (exact) mass is 542 g/mol. The lowest BCUT2D eigenvalue weighted by Gasteiger charge is -2.17. The molecule has 3 aromatic heterocycles. The van der Waals surface area contributed by atoms with E-state index >= 15 is 4.39 Å². The highest BCUT2D eigenvalue weighted by Crippen LogP contribution is 2.36. The van der Waals surface area contributed by atoms with E-state index in [0.29, 0.717) is 21.3 Å². The Morgan fingerprint density at radius 2 is 1.94 bits per heavy atom. The average Bonchev–Trinajstić information content (AvgIpc) is 3.22. The number of carbonyl (C=O) groups excluding carboxylic acids is 1. The summed E-state index contributed by atoms with van der Waals surface area (Å²) < 4.78 is 57.4. The number of H-pyrrole nitrogens is 1. The van der Waals surface area contributed by atoms with Gasteiger partial charge in [-0.15, -0.1) is 11.3 Å². The summed E-state index contributed by atoms with van der Waals surface area (Å²) in [7, 11) is 1.53. The zero-order chi connectivity index (χ0) is 26.2. The van der Waals surface area contributed by atoms with Crippen molar-refractivity contribution in [2.75, 3.05) is 17.7 Å². The Labute approximate surface area is 207 Å². The summed E-state index contributed by atoms with van der Waals surface area (Å²) >= 11 is 6.99. The molecule has 0 saturated heterocycles. The summed E-state index contributed by atoms with van der Waals surface area (Å²) in [5.74, 6) is -1.27. The van der Waals surface area contributed by atoms with Gasteiger partial charge in [0.2, 0.25) is 0 Å². The molecule has 0 aliphatic carbocycles. The van der Waals surface area contributed by atoms with Gasteiger partial charge in [-0.2, -0.15) is 13.2 Å². The van der Waals surface area contributed by atoms with E-state index in [1.165, 1.54) is 30.5 Å². The third-order valence-corrected chi connectivity index (χ3v) is 6.15. The van der Waals surface area contributed by atoms with Crippen molar-refractivity contribution in [2.24, 2.45) is 0 Å². The normalized spacial score (nSPS) is 11.5. The van der Waals surface area contributed by atoms with Gasteiger partial charge >= 0.3 is 17.9 Å². The van der Waals surface area contributed by atoms with E-state index in [1.807, 2.05) is 0 Å². The number of benzene rings is 1. The second kappa shape index (κ2) is 9.62. The number of nitrogens with zero attached hydrogens (tertiary/aromatic N) is 2. The van der Waals surface area contributed by atoms with E-state index in [4.69, 9.17) is 11.6 Å². The molecule has 4 aromatic rings. The number of rotatable bonds is 5. The van der Waals surface area contributed by atoms with Crippen molar-refractivity contribution in [3.8, 4) is 5.69 Å². The van der Waals surface area contributed by atoms with Crippen molar-refractivity contribution < 1.29 is 22.4 Å². The van der Waals surface area contributed by atoms with Crippen LogP contribution in [0, 0.1) is 5.82 Å². The number of aromatic amines is 1. The first-order valence-electron chi connectivity index (χ1n) is 10.0. The molecule has 15 heteroatoms. The molecule has 188 valence electrons. The fraction of sp³-hybridized carbons (Fsp3) is 0.143. The van der Waals surface area contributed by atoms with Crippen LogP contribution in [-0.4, -0.2) is 27.6 Å². The summed E-state index contributed by atoms with van der Waals surface area (Å²) in [6.45, 7) is 0.0288. The van der Waals surface area contributed by atoms with Crippen LogP contribution in [0.1, 0.15) is 10.4 Å². The molecule has 0 unspecified atom stereocenters. The maximum atomic E-state index is 15.1. The maximum absolute atomic E-state index is 15.1. The summed E-state index contributed by atoms with van der Waals surface area (Å²) in [5.41, 5.74) is -6.23. The largest absolute Gasteiger partial charge is 0.418 e. The number of urea groups is 1. The summed E-state index contributed by atoms with van der Waals surface area (Å²) in [6.07, 6.45) is -5.19. The van der Waals surface area contributed by atoms with Crippen LogP contribution in [0.15, 0.2) is 46.0 Å². The highest BCUT2D eigenvalue weighted by atomic mass is 35.5. The van der Waals surface area contributed by atoms with Crippen molar-refractivity contribution in [3.05, 3.63) is 77.8 Å². The number of aromatic nitrogens is 3. The molecule has 0 spiro atoms. The Morgan fingerprint density at radius 1 is 1.19 bits per heavy atom. The molecule has 2 amide bonds. The van der Waals surface area contributed by atoms with Crippen LogP contribution in [-0.2, 0) is 12.7 Å². The van der Waals surface area contributed by atoms with Crippen LogP contribution in [0.3, 0.4) is 0 Å². The third-order valence-electron chi connectivity index (χ3n) is 4.92. The molecule has 0 bridgehead atoms. The smallest absolute Gasteiger partial charge is 0.373 e. The molecule has 0 atom stereocenters. The number of anilines is 2. The zero-order valence-electron chi connectivity index (χ0n) is 18.1. The molecule has 4 N–H and O–H groups in total. The molecule has 0 aliphatic heterocycles. The Hall–Kier alpha value is -3.91. The molecule has 3 heterocycles. The average molecular weight is 543 g/mol. The maximum Gasteiger partial charge on any atom is 0.418 e. The van der Waals surface area contributed by atoms with Crippen molar-refractivity contribution >= 4 is 51.5 Å². The molecule has 0 saturated carbocycles. The van der Waals surface area contributed by atoms with Crippen LogP contribution < -0.4 is 27.2 Å². The van der Waals surface area contributed by atoms with Gasteiger partial charge in [-0.1, -0.05) is 11.6 Å². The van der Waals surface area contributed by atoms with Crippen molar-refractivity contribution in [1.82, 2.24) is 19.9 Å². The first kappa shape index (κ1) is 25.2. The minimum atomic E-state index is -5.19. The van der Waals surface area contributed by atoms with Gasteiger partial charge in [0.1, 0.15) is 23.0 Å². The number of alkyl halides is 3. The first-order chi connectivity index (χ1) is 17.0.